The van der Waals surface area contributed by atoms with Crippen LogP contribution in [0, 0.1) is 5.82 Å². The molecule has 0 aliphatic rings. The van der Waals surface area contributed by atoms with Crippen molar-refractivity contribution in [1.82, 2.24) is 5.32 Å². The number of hydrogen-bond donors (Lipinski definition) is 1. The quantitative estimate of drug-likeness (QED) is 0.754. The van der Waals surface area contributed by atoms with E-state index in [0.29, 0.717) is 11.6 Å². The molecule has 0 spiro atoms. The summed E-state index contributed by atoms with van der Waals surface area (Å²) in [6, 6.07) is 6.08. The zero-order valence-electron chi connectivity index (χ0n) is 9.09. The lowest BCUT2D eigenvalue weighted by molar-refractivity contribution is 0.0987. The van der Waals surface area contributed by atoms with Crippen LogP contribution in [0.4, 0.5) is 4.39 Å². The molecule has 1 atom stereocenters. The lowest BCUT2D eigenvalue weighted by Gasteiger charge is -2.10. The fraction of sp³-hybridized carbons (Fsp3) is 0.417. The van der Waals surface area contributed by atoms with E-state index < -0.39 is 0 Å². The van der Waals surface area contributed by atoms with Gasteiger partial charge in [-0.1, -0.05) is 19.1 Å². The molecule has 0 aliphatic carbocycles. The van der Waals surface area contributed by atoms with Crippen molar-refractivity contribution >= 4 is 5.78 Å². The molecule has 15 heavy (non-hydrogen) atoms. The van der Waals surface area contributed by atoms with Crippen molar-refractivity contribution < 1.29 is 9.18 Å². The van der Waals surface area contributed by atoms with E-state index in [1.807, 2.05) is 13.8 Å². The van der Waals surface area contributed by atoms with Crippen LogP contribution in [0.25, 0.3) is 0 Å². The zero-order valence-corrected chi connectivity index (χ0v) is 9.09. The van der Waals surface area contributed by atoms with Crippen LogP contribution in [-0.2, 0) is 0 Å². The minimum atomic E-state index is -0.371. The highest BCUT2D eigenvalue weighted by molar-refractivity contribution is 5.97. The van der Waals surface area contributed by atoms with E-state index in [1.165, 1.54) is 12.1 Å². The van der Waals surface area contributed by atoms with Gasteiger partial charge >= 0.3 is 0 Å². The van der Waals surface area contributed by atoms with Gasteiger partial charge in [-0.25, -0.2) is 4.39 Å². The Labute approximate surface area is 89.5 Å². The van der Waals surface area contributed by atoms with Gasteiger partial charge in [0.05, 0.1) is 6.54 Å². The van der Waals surface area contributed by atoms with Gasteiger partial charge < -0.3 is 5.32 Å². The molecule has 82 valence electrons. The predicted molar refractivity (Wildman–Crippen MR) is 58.5 cm³/mol. The van der Waals surface area contributed by atoms with Gasteiger partial charge in [-0.2, -0.15) is 0 Å². The third-order valence-electron chi connectivity index (χ3n) is 2.37. The van der Waals surface area contributed by atoms with Gasteiger partial charge in [0.25, 0.3) is 0 Å². The van der Waals surface area contributed by atoms with E-state index in [2.05, 4.69) is 5.32 Å². The van der Waals surface area contributed by atoms with Crippen molar-refractivity contribution in [1.29, 1.82) is 0 Å². The molecule has 0 saturated heterocycles. The monoisotopic (exact) mass is 209 g/mol. The molecule has 0 aromatic heterocycles. The summed E-state index contributed by atoms with van der Waals surface area (Å²) in [7, 11) is 0. The number of benzene rings is 1. The first-order chi connectivity index (χ1) is 7.13. The minimum Gasteiger partial charge on any atom is -0.307 e. The average molecular weight is 209 g/mol. The molecule has 0 fully saturated rings. The van der Waals surface area contributed by atoms with Gasteiger partial charge in [0.15, 0.2) is 5.78 Å². The van der Waals surface area contributed by atoms with Crippen molar-refractivity contribution in [3.05, 3.63) is 35.6 Å². The van der Waals surface area contributed by atoms with Crippen LogP contribution in [0.2, 0.25) is 0 Å². The Morgan fingerprint density at radius 2 is 2.27 bits per heavy atom. The second kappa shape index (κ2) is 5.61. The molecule has 0 saturated carbocycles. The highest BCUT2D eigenvalue weighted by Gasteiger charge is 2.07. The summed E-state index contributed by atoms with van der Waals surface area (Å²) in [6.07, 6.45) is 0.969. The Balaban J connectivity index is 2.54. The van der Waals surface area contributed by atoms with Crippen molar-refractivity contribution in [3.63, 3.8) is 0 Å². The number of Topliss-reactive ketones (excluding diaryl/α,β-unsaturated/α-hetero) is 1. The Bertz CT molecular complexity index is 338. The van der Waals surface area contributed by atoms with Gasteiger partial charge in [0.2, 0.25) is 0 Å². The fourth-order valence-electron chi connectivity index (χ4n) is 1.18. The molecule has 1 aromatic rings. The van der Waals surface area contributed by atoms with Crippen molar-refractivity contribution in [2.45, 2.75) is 26.3 Å². The number of carbonyl (C=O) groups is 1. The molecule has 2 nitrogen and oxygen atoms in total. The third kappa shape index (κ3) is 3.80. The van der Waals surface area contributed by atoms with E-state index in [9.17, 15) is 9.18 Å². The summed E-state index contributed by atoms with van der Waals surface area (Å²) in [5, 5.41) is 3.08. The summed E-state index contributed by atoms with van der Waals surface area (Å²) < 4.78 is 12.8. The molecular weight excluding hydrogens is 193 g/mol. The lowest BCUT2D eigenvalue weighted by atomic mass is 10.1. The molecule has 0 bridgehead atoms. The summed E-state index contributed by atoms with van der Waals surface area (Å²) in [6.45, 7) is 4.32. The van der Waals surface area contributed by atoms with Crippen LogP contribution in [0.3, 0.4) is 0 Å². The number of halogens is 1. The van der Waals surface area contributed by atoms with Gasteiger partial charge in [-0.05, 0) is 25.5 Å². The Morgan fingerprint density at radius 1 is 1.53 bits per heavy atom. The fourth-order valence-corrected chi connectivity index (χ4v) is 1.18. The van der Waals surface area contributed by atoms with E-state index in [1.54, 1.807) is 12.1 Å². The number of rotatable bonds is 5. The molecule has 3 heteroatoms. The molecule has 1 N–H and O–H groups in total. The third-order valence-corrected chi connectivity index (χ3v) is 2.37. The molecular formula is C12H16FNO. The van der Waals surface area contributed by atoms with E-state index >= 15 is 0 Å². The summed E-state index contributed by atoms with van der Waals surface area (Å²) in [5.74, 6) is -0.445. The molecule has 1 unspecified atom stereocenters. The average Bonchev–Trinajstić information content (AvgIpc) is 2.25. The van der Waals surface area contributed by atoms with Gasteiger partial charge in [-0.15, -0.1) is 0 Å². The highest BCUT2D eigenvalue weighted by atomic mass is 19.1. The number of hydrogen-bond acceptors (Lipinski definition) is 2. The minimum absolute atomic E-state index is 0.0743. The lowest BCUT2D eigenvalue weighted by Crippen LogP contribution is -2.30. The normalized spacial score (nSPS) is 12.5. The summed E-state index contributed by atoms with van der Waals surface area (Å²) >= 11 is 0. The van der Waals surface area contributed by atoms with Crippen LogP contribution in [0.1, 0.15) is 30.6 Å². The molecule has 0 amide bonds. The largest absolute Gasteiger partial charge is 0.307 e. The van der Waals surface area contributed by atoms with E-state index in [0.717, 1.165) is 6.42 Å². The first kappa shape index (κ1) is 11.9. The van der Waals surface area contributed by atoms with Crippen molar-refractivity contribution in [3.8, 4) is 0 Å². The number of nitrogens with one attached hydrogen (secondary N) is 1. The van der Waals surface area contributed by atoms with Crippen molar-refractivity contribution in [2.75, 3.05) is 6.54 Å². The van der Waals surface area contributed by atoms with Crippen LogP contribution < -0.4 is 5.32 Å². The molecule has 1 aromatic carbocycles. The van der Waals surface area contributed by atoms with E-state index in [-0.39, 0.29) is 18.1 Å². The second-order valence-electron chi connectivity index (χ2n) is 3.62. The van der Waals surface area contributed by atoms with Gasteiger partial charge in [0, 0.05) is 11.6 Å². The molecule has 0 radical (unpaired) electrons. The van der Waals surface area contributed by atoms with Gasteiger partial charge in [-0.3, -0.25) is 4.79 Å². The SMILES string of the molecule is CCC(C)NCC(=O)c1cccc(F)c1. The topological polar surface area (TPSA) is 29.1 Å². The predicted octanol–water partition coefficient (Wildman–Crippen LogP) is 2.40. The van der Waals surface area contributed by atoms with Crippen molar-refractivity contribution in [2.24, 2.45) is 0 Å². The Morgan fingerprint density at radius 3 is 2.87 bits per heavy atom. The molecule has 1 rings (SSSR count). The first-order valence-corrected chi connectivity index (χ1v) is 5.15. The zero-order chi connectivity index (χ0) is 11.3. The Hall–Kier alpha value is -1.22. The Kier molecular flexibility index (Phi) is 4.43. The first-order valence-electron chi connectivity index (χ1n) is 5.15. The second-order valence-corrected chi connectivity index (χ2v) is 3.62. The van der Waals surface area contributed by atoms with Crippen LogP contribution >= 0.6 is 0 Å². The van der Waals surface area contributed by atoms with Crippen LogP contribution in [0.5, 0.6) is 0 Å². The highest BCUT2D eigenvalue weighted by Crippen LogP contribution is 2.04. The van der Waals surface area contributed by atoms with Crippen LogP contribution in [0.15, 0.2) is 24.3 Å². The van der Waals surface area contributed by atoms with Gasteiger partial charge in [0.1, 0.15) is 5.82 Å². The standard InChI is InChI=1S/C12H16FNO/c1-3-9(2)14-8-12(15)10-5-4-6-11(13)7-10/h4-7,9,14H,3,8H2,1-2H3. The smallest absolute Gasteiger partial charge is 0.176 e. The maximum Gasteiger partial charge on any atom is 0.176 e. The van der Waals surface area contributed by atoms with Crippen LogP contribution in [-0.4, -0.2) is 18.4 Å². The summed E-state index contributed by atoms with van der Waals surface area (Å²) in [5.41, 5.74) is 0.422. The van der Waals surface area contributed by atoms with E-state index in [4.69, 9.17) is 0 Å². The molecule has 0 heterocycles. The number of ketones is 1. The maximum absolute atomic E-state index is 12.8. The summed E-state index contributed by atoms with van der Waals surface area (Å²) in [4.78, 5) is 11.6. The number of carbonyl (C=O) groups excluding carboxylic acids is 1. The molecule has 0 aliphatic heterocycles. The maximum atomic E-state index is 12.8.